The van der Waals surface area contributed by atoms with E-state index in [1.165, 1.54) is 12.5 Å². The maximum absolute atomic E-state index is 5.50. The quantitative estimate of drug-likeness (QED) is 0.635. The normalized spacial score (nSPS) is 12.0. The fourth-order valence-corrected chi connectivity index (χ4v) is 5.37. The van der Waals surface area contributed by atoms with Crippen LogP contribution in [0.3, 0.4) is 0 Å². The summed E-state index contributed by atoms with van der Waals surface area (Å²) < 4.78 is 0. The van der Waals surface area contributed by atoms with Gasteiger partial charge >= 0.3 is 0 Å². The van der Waals surface area contributed by atoms with Gasteiger partial charge in [0.25, 0.3) is 0 Å². The molecular formula is C9H23NSi. The van der Waals surface area contributed by atoms with Gasteiger partial charge in [-0.15, -0.1) is 0 Å². The van der Waals surface area contributed by atoms with Gasteiger partial charge in [0.05, 0.1) is 0 Å². The average molecular weight is 173 g/mol. The van der Waals surface area contributed by atoms with Crippen LogP contribution in [0.25, 0.3) is 0 Å². The highest BCUT2D eigenvalue weighted by atomic mass is 28.3. The molecule has 0 radical (unpaired) electrons. The van der Waals surface area contributed by atoms with Gasteiger partial charge in [0, 0.05) is 8.80 Å². The molecule has 0 saturated carbocycles. The van der Waals surface area contributed by atoms with E-state index in [9.17, 15) is 0 Å². The van der Waals surface area contributed by atoms with E-state index in [0.29, 0.717) is 0 Å². The van der Waals surface area contributed by atoms with Gasteiger partial charge in [-0.05, 0) is 13.0 Å². The Bertz CT molecular complexity index is 83.6. The number of rotatable bonds is 5. The monoisotopic (exact) mass is 173 g/mol. The van der Waals surface area contributed by atoms with E-state index >= 15 is 0 Å². The predicted molar refractivity (Wildman–Crippen MR) is 55.8 cm³/mol. The van der Waals surface area contributed by atoms with E-state index in [1.54, 1.807) is 0 Å². The van der Waals surface area contributed by atoms with Gasteiger partial charge in [-0.2, -0.15) is 0 Å². The Kier molecular flexibility index (Phi) is 5.87. The largest absolute Gasteiger partial charge is 0.330 e. The van der Waals surface area contributed by atoms with E-state index in [4.69, 9.17) is 5.73 Å². The molecule has 0 aromatic heterocycles. The van der Waals surface area contributed by atoms with E-state index < -0.39 is 8.80 Å². The summed E-state index contributed by atoms with van der Waals surface area (Å²) in [5.41, 5.74) is 7.39. The lowest BCUT2D eigenvalue weighted by Crippen LogP contribution is -2.21. The van der Waals surface area contributed by atoms with Crippen LogP contribution in [0.5, 0.6) is 0 Å². The first-order chi connectivity index (χ1) is 5.09. The van der Waals surface area contributed by atoms with E-state index in [2.05, 4.69) is 27.7 Å². The first kappa shape index (κ1) is 11.2. The Labute approximate surface area is 73.0 Å². The number of nitrogens with two attached hydrogens (primary N) is 1. The van der Waals surface area contributed by atoms with Crippen LogP contribution in [0, 0.1) is 0 Å². The molecule has 0 bridgehead atoms. The van der Waals surface area contributed by atoms with Crippen LogP contribution in [0.1, 0.15) is 34.1 Å². The van der Waals surface area contributed by atoms with Gasteiger partial charge in [0.15, 0.2) is 0 Å². The highest BCUT2D eigenvalue weighted by Crippen LogP contribution is 2.24. The lowest BCUT2D eigenvalue weighted by molar-refractivity contribution is 0.857. The van der Waals surface area contributed by atoms with Gasteiger partial charge in [0.1, 0.15) is 0 Å². The van der Waals surface area contributed by atoms with Crippen LogP contribution < -0.4 is 5.73 Å². The molecule has 68 valence electrons. The zero-order chi connectivity index (χ0) is 8.85. The van der Waals surface area contributed by atoms with E-state index in [1.807, 2.05) is 0 Å². The molecule has 0 heterocycles. The minimum absolute atomic E-state index is 0.478. The molecule has 0 unspecified atom stereocenters. The van der Waals surface area contributed by atoms with Crippen molar-refractivity contribution in [3.05, 3.63) is 0 Å². The highest BCUT2D eigenvalue weighted by Gasteiger charge is 2.17. The molecule has 2 heteroatoms. The van der Waals surface area contributed by atoms with Gasteiger partial charge in [-0.1, -0.05) is 44.8 Å². The van der Waals surface area contributed by atoms with Crippen molar-refractivity contribution in [2.75, 3.05) is 6.54 Å². The molecule has 0 aliphatic carbocycles. The molecule has 11 heavy (non-hydrogen) atoms. The Hall–Kier alpha value is 0.177. The maximum atomic E-state index is 5.50. The average Bonchev–Trinajstić information content (AvgIpc) is 1.87. The van der Waals surface area contributed by atoms with Crippen molar-refractivity contribution in [3.8, 4) is 0 Å². The van der Waals surface area contributed by atoms with E-state index in [0.717, 1.165) is 17.6 Å². The third-order valence-electron chi connectivity index (χ3n) is 2.45. The van der Waals surface area contributed by atoms with Gasteiger partial charge in [-0.25, -0.2) is 0 Å². The standard InChI is InChI=1S/C9H23NSi/c1-8(2)11(9(3)4)7-5-6-10/h8-9,11H,5-7,10H2,1-4H3. The molecule has 0 aromatic rings. The fourth-order valence-electron chi connectivity index (χ4n) is 1.79. The summed E-state index contributed by atoms with van der Waals surface area (Å²) in [6.07, 6.45) is 1.24. The smallest absolute Gasteiger partial charge is 0.0419 e. The van der Waals surface area contributed by atoms with Crippen LogP contribution in [0.2, 0.25) is 17.1 Å². The molecule has 0 aliphatic rings. The molecule has 0 aliphatic heterocycles. The molecule has 2 N–H and O–H groups in total. The van der Waals surface area contributed by atoms with Crippen LogP contribution in [0.4, 0.5) is 0 Å². The Morgan fingerprint density at radius 2 is 1.55 bits per heavy atom. The topological polar surface area (TPSA) is 26.0 Å². The zero-order valence-electron chi connectivity index (χ0n) is 8.43. The molecule has 0 spiro atoms. The molecular weight excluding hydrogens is 150 g/mol. The van der Waals surface area contributed by atoms with Crippen LogP contribution in [-0.4, -0.2) is 15.3 Å². The minimum Gasteiger partial charge on any atom is -0.330 e. The van der Waals surface area contributed by atoms with Crippen molar-refractivity contribution in [1.29, 1.82) is 0 Å². The van der Waals surface area contributed by atoms with E-state index in [-0.39, 0.29) is 0 Å². The molecule has 0 aromatic carbocycles. The SMILES string of the molecule is CC(C)[SiH](CCCN)C(C)C. The molecule has 0 saturated heterocycles. The second-order valence-electron chi connectivity index (χ2n) is 4.08. The van der Waals surface area contributed by atoms with Crippen molar-refractivity contribution in [2.24, 2.45) is 5.73 Å². The molecule has 0 fully saturated rings. The fraction of sp³-hybridized carbons (Fsp3) is 1.00. The summed E-state index contributed by atoms with van der Waals surface area (Å²) in [5, 5.41) is 0. The van der Waals surface area contributed by atoms with Crippen LogP contribution in [-0.2, 0) is 0 Å². The Morgan fingerprint density at radius 3 is 1.82 bits per heavy atom. The van der Waals surface area contributed by atoms with Crippen molar-refractivity contribution in [2.45, 2.75) is 51.2 Å². The van der Waals surface area contributed by atoms with Gasteiger partial charge < -0.3 is 5.73 Å². The lowest BCUT2D eigenvalue weighted by Gasteiger charge is -2.22. The second-order valence-corrected chi connectivity index (χ2v) is 8.65. The second kappa shape index (κ2) is 5.78. The summed E-state index contributed by atoms with van der Waals surface area (Å²) in [6, 6.07) is 1.44. The van der Waals surface area contributed by atoms with Crippen molar-refractivity contribution < 1.29 is 0 Å². The molecule has 0 atom stereocenters. The lowest BCUT2D eigenvalue weighted by atomic mass is 10.5. The summed E-state index contributed by atoms with van der Waals surface area (Å²) in [4.78, 5) is 0. The number of hydrogen-bond donors (Lipinski definition) is 1. The van der Waals surface area contributed by atoms with Crippen molar-refractivity contribution in [1.82, 2.24) is 0 Å². The van der Waals surface area contributed by atoms with Crippen molar-refractivity contribution in [3.63, 3.8) is 0 Å². The van der Waals surface area contributed by atoms with Gasteiger partial charge in [-0.3, -0.25) is 0 Å². The summed E-state index contributed by atoms with van der Waals surface area (Å²) in [6.45, 7) is 10.4. The third-order valence-corrected chi connectivity index (χ3v) is 6.95. The Balaban J connectivity index is 3.70. The third kappa shape index (κ3) is 4.59. The molecule has 0 amide bonds. The molecule has 1 nitrogen and oxygen atoms in total. The maximum Gasteiger partial charge on any atom is 0.0419 e. The van der Waals surface area contributed by atoms with Gasteiger partial charge in [0.2, 0.25) is 0 Å². The minimum atomic E-state index is -0.478. The van der Waals surface area contributed by atoms with Crippen LogP contribution in [0.15, 0.2) is 0 Å². The Morgan fingerprint density at radius 1 is 1.09 bits per heavy atom. The molecule has 0 rings (SSSR count). The predicted octanol–water partition coefficient (Wildman–Crippen LogP) is 2.38. The van der Waals surface area contributed by atoms with Crippen molar-refractivity contribution >= 4 is 8.80 Å². The first-order valence-electron chi connectivity index (χ1n) is 4.79. The highest BCUT2D eigenvalue weighted by molar-refractivity contribution is 6.61. The zero-order valence-corrected chi connectivity index (χ0v) is 9.59. The number of hydrogen-bond acceptors (Lipinski definition) is 1. The first-order valence-corrected chi connectivity index (χ1v) is 6.94. The summed E-state index contributed by atoms with van der Waals surface area (Å²) in [7, 11) is -0.478. The summed E-state index contributed by atoms with van der Waals surface area (Å²) in [5.74, 6) is 0. The summed E-state index contributed by atoms with van der Waals surface area (Å²) >= 11 is 0. The van der Waals surface area contributed by atoms with Crippen LogP contribution >= 0.6 is 0 Å².